The Hall–Kier alpha value is -2.16. The Kier molecular flexibility index (Phi) is 8.07. The highest BCUT2D eigenvalue weighted by molar-refractivity contribution is 7.10. The monoisotopic (exact) mass is 529 g/mol. The van der Waals surface area contributed by atoms with Gasteiger partial charge in [-0.05, 0) is 76.2 Å². The van der Waals surface area contributed by atoms with E-state index in [-0.39, 0.29) is 30.6 Å². The molecular formula is C29H37F2N3O2S. The first-order chi connectivity index (χ1) is 17.8. The summed E-state index contributed by atoms with van der Waals surface area (Å²) in [5.41, 5.74) is 2.68. The molecule has 2 aliphatic carbocycles. The maximum absolute atomic E-state index is 13.4. The van der Waals surface area contributed by atoms with Crippen LogP contribution in [0.25, 0.3) is 0 Å². The summed E-state index contributed by atoms with van der Waals surface area (Å²) in [6.07, 6.45) is 3.89. The van der Waals surface area contributed by atoms with Crippen molar-refractivity contribution in [1.82, 2.24) is 15.5 Å². The van der Waals surface area contributed by atoms with Crippen LogP contribution in [0.1, 0.15) is 88.9 Å². The molecule has 37 heavy (non-hydrogen) atoms. The summed E-state index contributed by atoms with van der Waals surface area (Å²) < 4.78 is 26.7. The molecule has 1 saturated heterocycles. The van der Waals surface area contributed by atoms with E-state index in [0.717, 1.165) is 38.2 Å². The Morgan fingerprint density at radius 2 is 1.76 bits per heavy atom. The summed E-state index contributed by atoms with van der Waals surface area (Å²) in [6, 6.07) is 10.3. The van der Waals surface area contributed by atoms with Crippen LogP contribution in [0.15, 0.2) is 35.7 Å². The lowest BCUT2D eigenvalue weighted by Gasteiger charge is -2.32. The third-order valence-electron chi connectivity index (χ3n) is 8.23. The van der Waals surface area contributed by atoms with E-state index in [1.165, 1.54) is 23.3 Å². The summed E-state index contributed by atoms with van der Waals surface area (Å²) in [7, 11) is 0. The smallest absolute Gasteiger partial charge is 0.252 e. The number of likely N-dealkylation sites (tertiary alicyclic amines) is 1. The van der Waals surface area contributed by atoms with Gasteiger partial charge < -0.3 is 10.6 Å². The van der Waals surface area contributed by atoms with Crippen LogP contribution in [0.2, 0.25) is 0 Å². The highest BCUT2D eigenvalue weighted by atomic mass is 32.1. The maximum Gasteiger partial charge on any atom is 0.252 e. The van der Waals surface area contributed by atoms with Crippen molar-refractivity contribution in [2.24, 2.45) is 5.92 Å². The number of carbonyl (C=O) groups excluding carboxylic acids is 2. The zero-order valence-electron chi connectivity index (χ0n) is 21.5. The molecule has 2 heterocycles. The van der Waals surface area contributed by atoms with Crippen LogP contribution in [0, 0.1) is 5.92 Å². The van der Waals surface area contributed by atoms with Gasteiger partial charge in [0.15, 0.2) is 5.78 Å². The number of benzene rings is 1. The van der Waals surface area contributed by atoms with Crippen molar-refractivity contribution in [3.05, 3.63) is 57.3 Å². The van der Waals surface area contributed by atoms with Crippen LogP contribution in [-0.2, 0) is 6.54 Å². The van der Waals surface area contributed by atoms with Gasteiger partial charge in [-0.1, -0.05) is 24.3 Å². The molecule has 2 saturated carbocycles. The molecule has 0 radical (unpaired) electrons. The fourth-order valence-electron chi connectivity index (χ4n) is 5.62. The molecule has 200 valence electrons. The number of nitrogens with one attached hydrogen (secondary N) is 2. The Labute approximate surface area is 222 Å². The number of carbonyl (C=O) groups is 2. The van der Waals surface area contributed by atoms with Crippen LogP contribution in [-0.4, -0.2) is 54.2 Å². The van der Waals surface area contributed by atoms with Crippen LogP contribution in [0.5, 0.6) is 0 Å². The summed E-state index contributed by atoms with van der Waals surface area (Å²) in [4.78, 5) is 27.8. The number of thiophene rings is 1. The van der Waals surface area contributed by atoms with Gasteiger partial charge in [0.05, 0.1) is 5.56 Å². The van der Waals surface area contributed by atoms with E-state index in [1.807, 2.05) is 23.6 Å². The molecule has 5 nitrogen and oxygen atoms in total. The van der Waals surface area contributed by atoms with Crippen molar-refractivity contribution >= 4 is 23.0 Å². The summed E-state index contributed by atoms with van der Waals surface area (Å²) in [5.74, 6) is -1.45. The molecule has 0 unspecified atom stereocenters. The predicted molar refractivity (Wildman–Crippen MR) is 143 cm³/mol. The second-order valence-corrected chi connectivity index (χ2v) is 12.1. The maximum atomic E-state index is 13.4. The number of halogens is 2. The largest absolute Gasteiger partial charge is 0.349 e. The van der Waals surface area contributed by atoms with Gasteiger partial charge in [0.25, 0.3) is 5.91 Å². The van der Waals surface area contributed by atoms with Gasteiger partial charge in [-0.25, -0.2) is 8.78 Å². The third kappa shape index (κ3) is 7.03. The van der Waals surface area contributed by atoms with E-state index in [9.17, 15) is 18.4 Å². The Balaban J connectivity index is 1.00. The van der Waals surface area contributed by atoms with Crippen LogP contribution >= 0.6 is 11.3 Å². The lowest BCUT2D eigenvalue weighted by atomic mass is 9.92. The average Bonchev–Trinajstić information content (AvgIpc) is 3.49. The molecule has 8 heteroatoms. The first-order valence-electron chi connectivity index (χ1n) is 13.6. The van der Waals surface area contributed by atoms with Crippen LogP contribution in [0.4, 0.5) is 8.78 Å². The van der Waals surface area contributed by atoms with Gasteiger partial charge in [0.1, 0.15) is 0 Å². The summed E-state index contributed by atoms with van der Waals surface area (Å²) in [5, 5.41) is 8.61. The van der Waals surface area contributed by atoms with Crippen molar-refractivity contribution in [3.8, 4) is 0 Å². The van der Waals surface area contributed by atoms with Crippen molar-refractivity contribution < 1.29 is 18.4 Å². The topological polar surface area (TPSA) is 61.4 Å². The molecule has 0 bridgehead atoms. The van der Waals surface area contributed by atoms with E-state index in [1.54, 1.807) is 18.3 Å². The number of ketones is 1. The fraction of sp³-hybridized carbons (Fsp3) is 0.586. The summed E-state index contributed by atoms with van der Waals surface area (Å²) >= 11 is 1.63. The van der Waals surface area contributed by atoms with Crippen molar-refractivity contribution in [2.45, 2.75) is 82.3 Å². The third-order valence-corrected chi connectivity index (χ3v) is 9.30. The zero-order chi connectivity index (χ0) is 26.0. The van der Waals surface area contributed by atoms with Crippen molar-refractivity contribution in [1.29, 1.82) is 0 Å². The standard InChI is InChI=1S/C29H37F2N3O2S/c1-19(35)22-4-2-21(3-5-22)17-34-12-8-20(9-13-34)16-32-26-15-25(26)27-14-23(18-37-27)28(36)33-24-6-10-29(30,31)11-7-24/h2-5,14,18,20,24-26,32H,6-13,15-17H2,1H3,(H,33,36)/t25-,26-/m1/s1. The highest BCUT2D eigenvalue weighted by Gasteiger charge is 2.40. The van der Waals surface area contributed by atoms with E-state index < -0.39 is 5.92 Å². The molecule has 1 aliphatic heterocycles. The predicted octanol–water partition coefficient (Wildman–Crippen LogP) is 5.62. The SMILES string of the molecule is CC(=O)c1ccc(CN2CCC(CN[C@@H]3C[C@H]3c3cc(C(=O)NC4CCC(F)(F)CC4)cs3)CC2)cc1. The molecule has 5 rings (SSSR count). The molecule has 1 amide bonds. The quantitative estimate of drug-likeness (QED) is 0.414. The summed E-state index contributed by atoms with van der Waals surface area (Å²) in [6.45, 7) is 5.76. The van der Waals surface area contributed by atoms with Crippen LogP contribution < -0.4 is 10.6 Å². The Morgan fingerprint density at radius 1 is 1.05 bits per heavy atom. The first-order valence-corrected chi connectivity index (χ1v) is 14.5. The minimum absolute atomic E-state index is 0.106. The molecule has 2 aromatic rings. The van der Waals surface area contributed by atoms with Gasteiger partial charge in [-0.2, -0.15) is 0 Å². The molecule has 0 spiro atoms. The van der Waals surface area contributed by atoms with Gasteiger partial charge in [0, 0.05) is 53.2 Å². The number of nitrogens with zero attached hydrogens (tertiary/aromatic N) is 1. The lowest BCUT2D eigenvalue weighted by Crippen LogP contribution is -2.40. The first kappa shape index (κ1) is 26.4. The van der Waals surface area contributed by atoms with Crippen molar-refractivity contribution in [3.63, 3.8) is 0 Å². The van der Waals surface area contributed by atoms with Gasteiger partial charge in [-0.15, -0.1) is 11.3 Å². The number of alkyl halides is 2. The molecule has 2 atom stereocenters. The van der Waals surface area contributed by atoms with E-state index >= 15 is 0 Å². The molecule has 3 aliphatic rings. The number of amides is 1. The van der Waals surface area contributed by atoms with Crippen LogP contribution in [0.3, 0.4) is 0 Å². The number of hydrogen-bond donors (Lipinski definition) is 2. The molecule has 2 N–H and O–H groups in total. The molecule has 3 fully saturated rings. The molecular weight excluding hydrogens is 492 g/mol. The minimum Gasteiger partial charge on any atom is -0.349 e. The molecule has 1 aromatic carbocycles. The number of hydrogen-bond acceptors (Lipinski definition) is 5. The van der Waals surface area contributed by atoms with Gasteiger partial charge in [0.2, 0.25) is 5.92 Å². The van der Waals surface area contributed by atoms with Gasteiger partial charge in [-0.3, -0.25) is 14.5 Å². The number of piperidine rings is 1. The highest BCUT2D eigenvalue weighted by Crippen LogP contribution is 2.44. The van der Waals surface area contributed by atoms with Crippen molar-refractivity contribution in [2.75, 3.05) is 19.6 Å². The normalized spacial score (nSPS) is 24.6. The average molecular weight is 530 g/mol. The second kappa shape index (κ2) is 11.3. The number of rotatable bonds is 9. The van der Waals surface area contributed by atoms with E-state index in [2.05, 4.69) is 27.7 Å². The Bertz CT molecular complexity index is 1080. The fourth-order valence-corrected chi connectivity index (χ4v) is 6.69. The second-order valence-electron chi connectivity index (χ2n) is 11.2. The lowest BCUT2D eigenvalue weighted by molar-refractivity contribution is -0.0399. The zero-order valence-corrected chi connectivity index (χ0v) is 22.3. The molecule has 1 aromatic heterocycles. The van der Waals surface area contributed by atoms with E-state index in [0.29, 0.717) is 36.3 Å². The minimum atomic E-state index is -2.58. The van der Waals surface area contributed by atoms with E-state index in [4.69, 9.17) is 0 Å². The Morgan fingerprint density at radius 3 is 2.43 bits per heavy atom. The van der Waals surface area contributed by atoms with Gasteiger partial charge >= 0.3 is 0 Å². The number of Topliss-reactive ketones (excluding diaryl/α,β-unsaturated/α-hetero) is 1.